The van der Waals surface area contributed by atoms with E-state index >= 15 is 0 Å². The van der Waals surface area contributed by atoms with Crippen LogP contribution in [-0.2, 0) is 27.7 Å². The summed E-state index contributed by atoms with van der Waals surface area (Å²) in [5, 5.41) is 0. The highest BCUT2D eigenvalue weighted by atomic mass is 32.2. The molecule has 2 heterocycles. The normalized spacial score (nSPS) is 19.5. The molecule has 1 atom stereocenters. The Labute approximate surface area is 194 Å². The standard InChI is InChI=1S/C25H27N3O4S/c1-17-22-8-3-4-9-23(22)25(30)28(17)18(2)24(29)26-12-14-27(15-13-26)33(31,32)21-11-10-19-6-5-7-20(19)16-21/h3-4,8-11,16,18H,1,5-7,12-15H2,2H3/t18-/m1/s1. The third-order valence-electron chi connectivity index (χ3n) is 6.98. The molecule has 33 heavy (non-hydrogen) atoms. The van der Waals surface area contributed by atoms with Crippen LogP contribution in [-0.4, -0.2) is 66.6 Å². The van der Waals surface area contributed by atoms with Gasteiger partial charge in [0.1, 0.15) is 6.04 Å². The first-order valence-corrected chi connectivity index (χ1v) is 12.8. The Morgan fingerprint density at radius 3 is 2.33 bits per heavy atom. The van der Waals surface area contributed by atoms with Crippen LogP contribution < -0.4 is 0 Å². The molecule has 5 rings (SSSR count). The summed E-state index contributed by atoms with van der Waals surface area (Å²) in [6, 6.07) is 11.9. The highest BCUT2D eigenvalue weighted by Crippen LogP contribution is 2.33. The number of carbonyl (C=O) groups excluding carboxylic acids is 2. The minimum absolute atomic E-state index is 0.202. The maximum atomic E-state index is 13.2. The first kappa shape index (κ1) is 21.9. The average molecular weight is 466 g/mol. The molecule has 2 aliphatic heterocycles. The molecule has 1 aliphatic carbocycles. The van der Waals surface area contributed by atoms with Gasteiger partial charge in [0, 0.05) is 43.0 Å². The lowest BCUT2D eigenvalue weighted by Gasteiger charge is -2.37. The van der Waals surface area contributed by atoms with Gasteiger partial charge in [-0.15, -0.1) is 0 Å². The lowest BCUT2D eigenvalue weighted by molar-refractivity contribution is -0.135. The number of amides is 2. The highest BCUT2D eigenvalue weighted by Gasteiger charge is 2.39. The first-order valence-electron chi connectivity index (χ1n) is 11.3. The van der Waals surface area contributed by atoms with Crippen LogP contribution in [0.25, 0.3) is 5.70 Å². The Hall–Kier alpha value is -2.97. The van der Waals surface area contributed by atoms with E-state index in [0.29, 0.717) is 16.2 Å². The summed E-state index contributed by atoms with van der Waals surface area (Å²) >= 11 is 0. The van der Waals surface area contributed by atoms with Crippen molar-refractivity contribution in [2.24, 2.45) is 0 Å². The molecule has 1 saturated heterocycles. The van der Waals surface area contributed by atoms with Crippen LogP contribution in [0.2, 0.25) is 0 Å². The number of carbonyl (C=O) groups is 2. The molecule has 172 valence electrons. The second-order valence-electron chi connectivity index (χ2n) is 8.86. The van der Waals surface area contributed by atoms with Crippen LogP contribution in [0.5, 0.6) is 0 Å². The highest BCUT2D eigenvalue weighted by molar-refractivity contribution is 7.89. The van der Waals surface area contributed by atoms with Crippen molar-refractivity contribution in [3.63, 3.8) is 0 Å². The molecule has 0 radical (unpaired) electrons. The van der Waals surface area contributed by atoms with E-state index in [9.17, 15) is 18.0 Å². The van der Waals surface area contributed by atoms with Crippen LogP contribution in [0.4, 0.5) is 0 Å². The minimum Gasteiger partial charge on any atom is -0.338 e. The van der Waals surface area contributed by atoms with Crippen molar-refractivity contribution in [3.8, 4) is 0 Å². The Morgan fingerprint density at radius 1 is 0.970 bits per heavy atom. The third-order valence-corrected chi connectivity index (χ3v) is 8.88. The van der Waals surface area contributed by atoms with Crippen molar-refractivity contribution in [1.29, 1.82) is 0 Å². The van der Waals surface area contributed by atoms with E-state index < -0.39 is 16.1 Å². The van der Waals surface area contributed by atoms with E-state index in [-0.39, 0.29) is 38.0 Å². The van der Waals surface area contributed by atoms with Crippen LogP contribution in [0.1, 0.15) is 40.4 Å². The molecule has 2 aromatic carbocycles. The van der Waals surface area contributed by atoms with Crippen LogP contribution in [0, 0.1) is 0 Å². The minimum atomic E-state index is -3.61. The van der Waals surface area contributed by atoms with Gasteiger partial charge in [-0.1, -0.05) is 30.8 Å². The number of benzene rings is 2. The second kappa shape index (κ2) is 8.11. The monoisotopic (exact) mass is 465 g/mol. The topological polar surface area (TPSA) is 78.0 Å². The predicted octanol–water partition coefficient (Wildman–Crippen LogP) is 2.52. The van der Waals surface area contributed by atoms with Gasteiger partial charge in [-0.3, -0.25) is 14.5 Å². The van der Waals surface area contributed by atoms with E-state index in [4.69, 9.17) is 0 Å². The summed E-state index contributed by atoms with van der Waals surface area (Å²) in [5.41, 5.74) is 4.17. The fraction of sp³-hybridized carbons (Fsp3) is 0.360. The van der Waals surface area contributed by atoms with Gasteiger partial charge in [0.05, 0.1) is 4.90 Å². The van der Waals surface area contributed by atoms with Gasteiger partial charge < -0.3 is 4.90 Å². The molecule has 0 unspecified atom stereocenters. The predicted molar refractivity (Wildman–Crippen MR) is 125 cm³/mol. The van der Waals surface area contributed by atoms with Crippen molar-refractivity contribution >= 4 is 27.5 Å². The molecule has 3 aliphatic rings. The smallest absolute Gasteiger partial charge is 0.259 e. The largest absolute Gasteiger partial charge is 0.338 e. The Kier molecular flexibility index (Phi) is 5.37. The molecule has 0 spiro atoms. The average Bonchev–Trinajstić information content (AvgIpc) is 3.40. The molecule has 8 heteroatoms. The lowest BCUT2D eigenvalue weighted by Crippen LogP contribution is -2.55. The summed E-state index contributed by atoms with van der Waals surface area (Å²) in [7, 11) is -3.61. The summed E-state index contributed by atoms with van der Waals surface area (Å²) in [6.07, 6.45) is 2.99. The molecule has 1 fully saturated rings. The van der Waals surface area contributed by atoms with Gasteiger partial charge in [-0.05, 0) is 55.5 Å². The summed E-state index contributed by atoms with van der Waals surface area (Å²) in [5.74, 6) is -0.429. The molecule has 0 saturated carbocycles. The Bertz CT molecular complexity index is 1230. The number of hydrogen-bond acceptors (Lipinski definition) is 4. The van der Waals surface area contributed by atoms with Crippen molar-refractivity contribution in [1.82, 2.24) is 14.1 Å². The van der Waals surface area contributed by atoms with Gasteiger partial charge in [0.2, 0.25) is 15.9 Å². The number of nitrogens with zero attached hydrogens (tertiary/aromatic N) is 3. The molecule has 2 aromatic rings. The number of sulfonamides is 1. The van der Waals surface area contributed by atoms with Gasteiger partial charge in [-0.2, -0.15) is 4.31 Å². The zero-order valence-corrected chi connectivity index (χ0v) is 19.5. The van der Waals surface area contributed by atoms with Crippen molar-refractivity contribution in [2.75, 3.05) is 26.2 Å². The van der Waals surface area contributed by atoms with Gasteiger partial charge in [-0.25, -0.2) is 8.42 Å². The molecule has 2 amide bonds. The van der Waals surface area contributed by atoms with E-state index in [1.165, 1.54) is 14.8 Å². The van der Waals surface area contributed by atoms with Crippen molar-refractivity contribution in [3.05, 3.63) is 71.3 Å². The van der Waals surface area contributed by atoms with Crippen LogP contribution in [0.3, 0.4) is 0 Å². The Balaban J connectivity index is 1.26. The number of piperazine rings is 1. The molecular weight excluding hydrogens is 438 g/mol. The summed E-state index contributed by atoms with van der Waals surface area (Å²) in [6.45, 7) is 6.76. The molecule has 0 N–H and O–H groups in total. The van der Waals surface area contributed by atoms with Crippen molar-refractivity contribution in [2.45, 2.75) is 37.1 Å². The number of rotatable bonds is 4. The number of fused-ring (bicyclic) bond motifs is 2. The van der Waals surface area contributed by atoms with Gasteiger partial charge >= 0.3 is 0 Å². The Morgan fingerprint density at radius 2 is 1.64 bits per heavy atom. The van der Waals surface area contributed by atoms with Gasteiger partial charge in [0.15, 0.2) is 0 Å². The summed E-state index contributed by atoms with van der Waals surface area (Å²) < 4.78 is 27.8. The molecule has 7 nitrogen and oxygen atoms in total. The van der Waals surface area contributed by atoms with Crippen LogP contribution in [0.15, 0.2) is 53.9 Å². The van der Waals surface area contributed by atoms with Crippen LogP contribution >= 0.6 is 0 Å². The van der Waals surface area contributed by atoms with E-state index in [1.807, 2.05) is 18.2 Å². The van der Waals surface area contributed by atoms with E-state index in [0.717, 1.165) is 30.4 Å². The fourth-order valence-corrected chi connectivity index (χ4v) is 6.57. The zero-order chi connectivity index (χ0) is 23.3. The lowest BCUT2D eigenvalue weighted by atomic mass is 10.1. The third kappa shape index (κ3) is 3.57. The number of aryl methyl sites for hydroxylation is 2. The van der Waals surface area contributed by atoms with E-state index in [1.54, 1.807) is 36.1 Å². The molecule has 0 bridgehead atoms. The maximum absolute atomic E-state index is 13.2. The summed E-state index contributed by atoms with van der Waals surface area (Å²) in [4.78, 5) is 29.5. The molecule has 0 aromatic heterocycles. The number of hydrogen-bond donors (Lipinski definition) is 0. The van der Waals surface area contributed by atoms with E-state index in [2.05, 4.69) is 6.58 Å². The second-order valence-corrected chi connectivity index (χ2v) is 10.8. The zero-order valence-electron chi connectivity index (χ0n) is 18.7. The SMILES string of the molecule is C=C1c2ccccc2C(=O)N1[C@H](C)C(=O)N1CCN(S(=O)(=O)c2ccc3c(c2)CCC3)CC1. The molecular formula is C25H27N3O4S. The fourth-order valence-electron chi connectivity index (χ4n) is 5.09. The van der Waals surface area contributed by atoms with Crippen molar-refractivity contribution < 1.29 is 18.0 Å². The first-order chi connectivity index (χ1) is 15.8. The maximum Gasteiger partial charge on any atom is 0.259 e. The quantitative estimate of drug-likeness (QED) is 0.695. The van der Waals surface area contributed by atoms with Gasteiger partial charge in [0.25, 0.3) is 5.91 Å².